The summed E-state index contributed by atoms with van der Waals surface area (Å²) in [7, 11) is 1.53. The molecule has 4 N–H and O–H groups in total. The van der Waals surface area contributed by atoms with Gasteiger partial charge in [-0.05, 0) is 24.6 Å². The second-order valence-electron chi connectivity index (χ2n) is 3.79. The van der Waals surface area contributed by atoms with Gasteiger partial charge in [-0.1, -0.05) is 17.1 Å². The van der Waals surface area contributed by atoms with E-state index in [1.165, 1.54) is 7.11 Å². The molecule has 1 atom stereocenters. The maximum atomic E-state index is 8.66. The number of rotatable bonds is 5. The average Bonchev–Trinajstić information content (AvgIpc) is 2.43. The third kappa shape index (κ3) is 3.40. The monoisotopic (exact) mass is 247 g/mol. The van der Waals surface area contributed by atoms with Crippen LogP contribution in [0.15, 0.2) is 23.4 Å². The number of ether oxygens (including phenoxy) is 1. The van der Waals surface area contributed by atoms with Gasteiger partial charge in [0, 0.05) is 6.54 Å². The minimum absolute atomic E-state index is 0.000236. The SMILES string of the molecule is C#CC(C)NCc1ccc(/C(N)=N/O)c(OC)c1. The molecule has 96 valence electrons. The number of oxime groups is 1. The normalized spacial score (nSPS) is 12.8. The molecular formula is C13H17N3O2. The Balaban J connectivity index is 2.89. The quantitative estimate of drug-likeness (QED) is 0.237. The number of benzene rings is 1. The van der Waals surface area contributed by atoms with Gasteiger partial charge in [0.05, 0.1) is 18.7 Å². The van der Waals surface area contributed by atoms with Crippen molar-refractivity contribution in [2.45, 2.75) is 19.5 Å². The number of nitrogens with two attached hydrogens (primary N) is 1. The predicted octanol–water partition coefficient (Wildman–Crippen LogP) is 0.901. The standard InChI is InChI=1S/C13H17N3O2/c1-4-9(2)15-8-10-5-6-11(13(14)16-17)12(7-10)18-3/h1,5-7,9,15,17H,8H2,2-3H3,(H2,14,16). The zero-order chi connectivity index (χ0) is 13.5. The molecule has 0 heterocycles. The summed E-state index contributed by atoms with van der Waals surface area (Å²) in [6, 6.07) is 5.43. The first kappa shape index (κ1) is 13.9. The van der Waals surface area contributed by atoms with Gasteiger partial charge in [-0.2, -0.15) is 0 Å². The molecule has 0 aromatic heterocycles. The first-order chi connectivity index (χ1) is 8.62. The molecule has 0 saturated carbocycles. The second kappa shape index (κ2) is 6.52. The first-order valence-corrected chi connectivity index (χ1v) is 5.46. The molecule has 1 rings (SSSR count). The van der Waals surface area contributed by atoms with Gasteiger partial charge < -0.3 is 15.7 Å². The number of nitrogens with one attached hydrogen (secondary N) is 1. The summed E-state index contributed by atoms with van der Waals surface area (Å²) in [4.78, 5) is 0. The van der Waals surface area contributed by atoms with Crippen molar-refractivity contribution >= 4 is 5.84 Å². The lowest BCUT2D eigenvalue weighted by molar-refractivity contribution is 0.318. The highest BCUT2D eigenvalue weighted by atomic mass is 16.5. The van der Waals surface area contributed by atoms with Crippen LogP contribution in [0.2, 0.25) is 0 Å². The van der Waals surface area contributed by atoms with Crippen LogP contribution in [0.4, 0.5) is 0 Å². The van der Waals surface area contributed by atoms with Crippen LogP contribution < -0.4 is 15.8 Å². The van der Waals surface area contributed by atoms with Crippen LogP contribution in [-0.4, -0.2) is 24.2 Å². The number of methoxy groups -OCH3 is 1. The van der Waals surface area contributed by atoms with Gasteiger partial charge in [0.15, 0.2) is 5.84 Å². The van der Waals surface area contributed by atoms with Crippen molar-refractivity contribution in [2.75, 3.05) is 7.11 Å². The maximum absolute atomic E-state index is 8.66. The van der Waals surface area contributed by atoms with E-state index in [0.717, 1.165) is 5.56 Å². The van der Waals surface area contributed by atoms with Gasteiger partial charge in [-0.15, -0.1) is 6.42 Å². The van der Waals surface area contributed by atoms with Crippen LogP contribution in [0.3, 0.4) is 0 Å². The molecule has 18 heavy (non-hydrogen) atoms. The fraction of sp³-hybridized carbons (Fsp3) is 0.308. The molecule has 0 bridgehead atoms. The van der Waals surface area contributed by atoms with Crippen molar-refractivity contribution < 1.29 is 9.94 Å². The number of hydrogen-bond acceptors (Lipinski definition) is 4. The molecule has 0 spiro atoms. The van der Waals surface area contributed by atoms with Crippen LogP contribution in [0.1, 0.15) is 18.1 Å². The summed E-state index contributed by atoms with van der Waals surface area (Å²) < 4.78 is 5.20. The third-order valence-corrected chi connectivity index (χ3v) is 2.51. The largest absolute Gasteiger partial charge is 0.496 e. The van der Waals surface area contributed by atoms with Gasteiger partial charge >= 0.3 is 0 Å². The fourth-order valence-corrected chi connectivity index (χ4v) is 1.44. The zero-order valence-electron chi connectivity index (χ0n) is 10.5. The lowest BCUT2D eigenvalue weighted by Crippen LogP contribution is -2.23. The van der Waals surface area contributed by atoms with E-state index in [0.29, 0.717) is 17.9 Å². The van der Waals surface area contributed by atoms with E-state index in [-0.39, 0.29) is 11.9 Å². The summed E-state index contributed by atoms with van der Waals surface area (Å²) in [5.74, 6) is 3.16. The van der Waals surface area contributed by atoms with E-state index in [9.17, 15) is 0 Å². The summed E-state index contributed by atoms with van der Waals surface area (Å²) in [6.45, 7) is 2.53. The van der Waals surface area contributed by atoms with Crippen molar-refractivity contribution in [3.05, 3.63) is 29.3 Å². The smallest absolute Gasteiger partial charge is 0.173 e. The molecule has 1 unspecified atom stereocenters. The fourth-order valence-electron chi connectivity index (χ4n) is 1.44. The summed E-state index contributed by atoms with van der Waals surface area (Å²) in [6.07, 6.45) is 5.28. The van der Waals surface area contributed by atoms with Gasteiger partial charge in [0.2, 0.25) is 0 Å². The highest BCUT2D eigenvalue weighted by Crippen LogP contribution is 2.20. The molecule has 0 amide bonds. The molecule has 0 aliphatic carbocycles. The Morgan fingerprint density at radius 2 is 2.39 bits per heavy atom. The molecule has 0 aliphatic heterocycles. The number of hydrogen-bond donors (Lipinski definition) is 3. The first-order valence-electron chi connectivity index (χ1n) is 5.46. The number of amidine groups is 1. The molecule has 1 aromatic carbocycles. The Bertz CT molecular complexity index is 478. The molecule has 5 nitrogen and oxygen atoms in total. The molecule has 0 radical (unpaired) electrons. The topological polar surface area (TPSA) is 79.9 Å². The van der Waals surface area contributed by atoms with Crippen molar-refractivity contribution in [3.8, 4) is 18.1 Å². The lowest BCUT2D eigenvalue weighted by atomic mass is 10.1. The Morgan fingerprint density at radius 1 is 1.67 bits per heavy atom. The minimum atomic E-state index is -0.000236. The minimum Gasteiger partial charge on any atom is -0.496 e. The van der Waals surface area contributed by atoms with Crippen molar-refractivity contribution in [2.24, 2.45) is 10.9 Å². The van der Waals surface area contributed by atoms with Gasteiger partial charge in [-0.25, -0.2) is 0 Å². The molecule has 5 heteroatoms. The van der Waals surface area contributed by atoms with Crippen LogP contribution in [0, 0.1) is 12.3 Å². The highest BCUT2D eigenvalue weighted by Gasteiger charge is 2.08. The lowest BCUT2D eigenvalue weighted by Gasteiger charge is -2.11. The van der Waals surface area contributed by atoms with Crippen molar-refractivity contribution in [1.82, 2.24) is 5.32 Å². The molecule has 0 fully saturated rings. The van der Waals surface area contributed by atoms with Gasteiger partial charge in [0.1, 0.15) is 5.75 Å². The van der Waals surface area contributed by atoms with Crippen LogP contribution in [-0.2, 0) is 6.54 Å². The molecule has 1 aromatic rings. The van der Waals surface area contributed by atoms with E-state index >= 15 is 0 Å². The predicted molar refractivity (Wildman–Crippen MR) is 70.6 cm³/mol. The van der Waals surface area contributed by atoms with Crippen molar-refractivity contribution in [3.63, 3.8) is 0 Å². The Labute approximate surface area is 107 Å². The van der Waals surface area contributed by atoms with E-state index in [1.807, 2.05) is 19.1 Å². The van der Waals surface area contributed by atoms with Crippen LogP contribution in [0.5, 0.6) is 5.75 Å². The third-order valence-electron chi connectivity index (χ3n) is 2.51. The van der Waals surface area contributed by atoms with Gasteiger partial charge in [0.25, 0.3) is 0 Å². The number of terminal acetylenes is 1. The van der Waals surface area contributed by atoms with Crippen LogP contribution >= 0.6 is 0 Å². The Hall–Kier alpha value is -2.19. The molecule has 0 aliphatic rings. The Kier molecular flexibility index (Phi) is 5.03. The van der Waals surface area contributed by atoms with E-state index in [2.05, 4.69) is 16.4 Å². The highest BCUT2D eigenvalue weighted by molar-refractivity contribution is 5.99. The summed E-state index contributed by atoms with van der Waals surface area (Å²) in [5, 5.41) is 14.8. The summed E-state index contributed by atoms with van der Waals surface area (Å²) in [5.41, 5.74) is 7.10. The summed E-state index contributed by atoms with van der Waals surface area (Å²) >= 11 is 0. The zero-order valence-corrected chi connectivity index (χ0v) is 10.5. The maximum Gasteiger partial charge on any atom is 0.173 e. The van der Waals surface area contributed by atoms with Crippen LogP contribution in [0.25, 0.3) is 0 Å². The van der Waals surface area contributed by atoms with Crippen molar-refractivity contribution in [1.29, 1.82) is 0 Å². The number of nitrogens with zero attached hydrogens (tertiary/aromatic N) is 1. The molecular weight excluding hydrogens is 230 g/mol. The second-order valence-corrected chi connectivity index (χ2v) is 3.79. The van der Waals surface area contributed by atoms with E-state index in [1.54, 1.807) is 6.07 Å². The van der Waals surface area contributed by atoms with E-state index in [4.69, 9.17) is 22.1 Å². The molecule has 0 saturated heterocycles. The van der Waals surface area contributed by atoms with Gasteiger partial charge in [-0.3, -0.25) is 5.32 Å². The average molecular weight is 247 g/mol. The van der Waals surface area contributed by atoms with E-state index < -0.39 is 0 Å². The Morgan fingerprint density at radius 3 is 2.94 bits per heavy atom.